The Balaban J connectivity index is 1.32. The zero-order valence-electron chi connectivity index (χ0n) is 16.3. The highest BCUT2D eigenvalue weighted by atomic mass is 32.2. The minimum absolute atomic E-state index is 0.344. The number of thioether (sulfide) groups is 1. The van der Waals surface area contributed by atoms with E-state index in [0.717, 1.165) is 42.4 Å². The predicted molar refractivity (Wildman–Crippen MR) is 113 cm³/mol. The van der Waals surface area contributed by atoms with Crippen LogP contribution in [0, 0.1) is 0 Å². The molecule has 0 spiro atoms. The molecule has 150 valence electrons. The molecule has 1 saturated heterocycles. The Bertz CT molecular complexity index is 835. The van der Waals surface area contributed by atoms with Gasteiger partial charge in [-0.15, -0.1) is 0 Å². The summed E-state index contributed by atoms with van der Waals surface area (Å²) < 4.78 is 5.82. The zero-order chi connectivity index (χ0) is 19.6. The maximum atomic E-state index is 11.3. The summed E-state index contributed by atoms with van der Waals surface area (Å²) in [6.07, 6.45) is 7.69. The maximum Gasteiger partial charge on any atom is 0.157 e. The number of nitrogens with zero attached hydrogens (tertiary/aromatic N) is 2. The van der Waals surface area contributed by atoms with Gasteiger partial charge < -0.3 is 19.8 Å². The lowest BCUT2D eigenvalue weighted by molar-refractivity contribution is -0.148. The Morgan fingerprint density at radius 2 is 2.04 bits per heavy atom. The lowest BCUT2D eigenvalue weighted by atomic mass is 9.83. The molecule has 2 aromatic rings. The van der Waals surface area contributed by atoms with Crippen molar-refractivity contribution in [2.24, 2.45) is 0 Å². The first-order chi connectivity index (χ1) is 13.5. The number of aromatic nitrogens is 1. The molecule has 2 aliphatic rings. The summed E-state index contributed by atoms with van der Waals surface area (Å²) >= 11 is 1.62. The third-order valence-corrected chi connectivity index (χ3v) is 6.92. The van der Waals surface area contributed by atoms with Gasteiger partial charge in [-0.1, -0.05) is 42.1 Å². The fraction of sp³-hybridized carbons (Fsp3) is 0.500. The van der Waals surface area contributed by atoms with Gasteiger partial charge in [0.25, 0.3) is 0 Å². The van der Waals surface area contributed by atoms with Crippen LogP contribution in [-0.2, 0) is 10.3 Å². The number of ether oxygens (including phenoxy) is 1. The van der Waals surface area contributed by atoms with E-state index in [1.54, 1.807) is 11.8 Å². The monoisotopic (exact) mass is 400 g/mol. The van der Waals surface area contributed by atoms with E-state index in [0.29, 0.717) is 19.3 Å². The Morgan fingerprint density at radius 3 is 2.79 bits per heavy atom. The van der Waals surface area contributed by atoms with Gasteiger partial charge in [0.05, 0.1) is 5.60 Å². The Hall–Kier alpha value is -1.44. The molecule has 3 heterocycles. The molecular weight excluding hydrogens is 372 g/mol. The van der Waals surface area contributed by atoms with Crippen molar-refractivity contribution in [3.05, 3.63) is 53.7 Å². The highest BCUT2D eigenvalue weighted by Gasteiger charge is 2.36. The van der Waals surface area contributed by atoms with Crippen molar-refractivity contribution in [1.29, 1.82) is 0 Å². The number of aliphatic hydroxyl groups excluding tert-OH is 1. The first kappa shape index (κ1) is 19.9. The normalized spacial score (nSPS) is 26.0. The van der Waals surface area contributed by atoms with Crippen LogP contribution in [0.3, 0.4) is 0 Å². The smallest absolute Gasteiger partial charge is 0.157 e. The second-order valence-electron chi connectivity index (χ2n) is 7.97. The lowest BCUT2D eigenvalue weighted by Crippen LogP contribution is -2.44. The van der Waals surface area contributed by atoms with E-state index in [9.17, 15) is 10.2 Å². The number of hydrogen-bond acceptors (Lipinski definition) is 6. The molecule has 4 rings (SSSR count). The molecule has 28 heavy (non-hydrogen) atoms. The Morgan fingerprint density at radius 1 is 1.25 bits per heavy atom. The SMILES string of the molecule is C[C@]1(OC(O)CCN2CCC(O)(c3cncc4ccccc34)CC2)CC=CS1. The van der Waals surface area contributed by atoms with Gasteiger partial charge in [0.1, 0.15) is 4.93 Å². The van der Waals surface area contributed by atoms with Crippen LogP contribution in [0.2, 0.25) is 0 Å². The van der Waals surface area contributed by atoms with Crippen molar-refractivity contribution in [3.8, 4) is 0 Å². The first-order valence-corrected chi connectivity index (χ1v) is 10.8. The summed E-state index contributed by atoms with van der Waals surface area (Å²) in [5.74, 6) is 0. The van der Waals surface area contributed by atoms with Gasteiger partial charge >= 0.3 is 0 Å². The zero-order valence-corrected chi connectivity index (χ0v) is 17.1. The number of piperidine rings is 1. The number of benzene rings is 1. The van der Waals surface area contributed by atoms with Gasteiger partial charge in [0, 0.05) is 55.8 Å². The molecule has 1 unspecified atom stereocenters. The molecule has 1 fully saturated rings. The summed E-state index contributed by atoms with van der Waals surface area (Å²) in [6, 6.07) is 8.09. The van der Waals surface area contributed by atoms with Crippen molar-refractivity contribution in [2.45, 2.75) is 49.4 Å². The van der Waals surface area contributed by atoms with Crippen LogP contribution in [0.5, 0.6) is 0 Å². The van der Waals surface area contributed by atoms with Crippen molar-refractivity contribution >= 4 is 22.5 Å². The molecule has 2 aliphatic heterocycles. The molecule has 0 bridgehead atoms. The van der Waals surface area contributed by atoms with Crippen molar-refractivity contribution in [3.63, 3.8) is 0 Å². The van der Waals surface area contributed by atoms with Crippen LogP contribution in [0.25, 0.3) is 10.8 Å². The molecule has 6 heteroatoms. The summed E-state index contributed by atoms with van der Waals surface area (Å²) in [7, 11) is 0. The molecule has 0 amide bonds. The molecule has 5 nitrogen and oxygen atoms in total. The van der Waals surface area contributed by atoms with Crippen LogP contribution in [0.4, 0.5) is 0 Å². The van der Waals surface area contributed by atoms with Crippen molar-refractivity contribution in [2.75, 3.05) is 19.6 Å². The number of hydrogen-bond donors (Lipinski definition) is 2. The van der Waals surface area contributed by atoms with Crippen LogP contribution in [-0.4, -0.2) is 51.0 Å². The van der Waals surface area contributed by atoms with Gasteiger partial charge in [-0.05, 0) is 30.6 Å². The second kappa shape index (κ2) is 8.13. The van der Waals surface area contributed by atoms with Crippen LogP contribution in [0.15, 0.2) is 48.1 Å². The average molecular weight is 401 g/mol. The van der Waals surface area contributed by atoms with Gasteiger partial charge in [-0.3, -0.25) is 4.98 Å². The van der Waals surface area contributed by atoms with Crippen molar-refractivity contribution in [1.82, 2.24) is 9.88 Å². The lowest BCUT2D eigenvalue weighted by Gasteiger charge is -2.39. The van der Waals surface area contributed by atoms with Gasteiger partial charge in [-0.2, -0.15) is 0 Å². The quantitative estimate of drug-likeness (QED) is 0.722. The average Bonchev–Trinajstić information content (AvgIpc) is 3.13. The fourth-order valence-corrected chi connectivity index (χ4v) is 4.96. The van der Waals surface area contributed by atoms with Crippen molar-refractivity contribution < 1.29 is 14.9 Å². The summed E-state index contributed by atoms with van der Waals surface area (Å²) in [5.41, 5.74) is 0.0753. The summed E-state index contributed by atoms with van der Waals surface area (Å²) in [5, 5.41) is 25.7. The van der Waals surface area contributed by atoms with E-state index < -0.39 is 11.9 Å². The topological polar surface area (TPSA) is 65.8 Å². The number of rotatable bonds is 6. The van der Waals surface area contributed by atoms with Crippen LogP contribution in [0.1, 0.15) is 38.2 Å². The highest BCUT2D eigenvalue weighted by molar-refractivity contribution is 8.03. The van der Waals surface area contributed by atoms with Gasteiger partial charge in [-0.25, -0.2) is 0 Å². The Labute approximate surface area is 170 Å². The number of aliphatic hydroxyl groups is 2. The second-order valence-corrected chi connectivity index (χ2v) is 9.34. The number of pyridine rings is 1. The molecule has 1 aromatic heterocycles. The minimum atomic E-state index is -0.848. The largest absolute Gasteiger partial charge is 0.385 e. The third-order valence-electron chi connectivity index (χ3n) is 5.83. The van der Waals surface area contributed by atoms with Crippen LogP contribution < -0.4 is 0 Å². The van der Waals surface area contributed by atoms with Gasteiger partial charge in [0.15, 0.2) is 6.29 Å². The van der Waals surface area contributed by atoms with E-state index in [1.807, 2.05) is 42.9 Å². The molecule has 0 radical (unpaired) electrons. The van der Waals surface area contributed by atoms with E-state index in [1.165, 1.54) is 0 Å². The van der Waals surface area contributed by atoms with Gasteiger partial charge in [0.2, 0.25) is 0 Å². The summed E-state index contributed by atoms with van der Waals surface area (Å²) in [6.45, 7) is 4.36. The minimum Gasteiger partial charge on any atom is -0.385 e. The molecule has 2 N–H and O–H groups in total. The third kappa shape index (κ3) is 4.26. The highest BCUT2D eigenvalue weighted by Crippen LogP contribution is 2.38. The van der Waals surface area contributed by atoms with E-state index in [-0.39, 0.29) is 4.93 Å². The summed E-state index contributed by atoms with van der Waals surface area (Å²) in [4.78, 5) is 6.29. The number of likely N-dealkylation sites (tertiary alicyclic amines) is 1. The number of fused-ring (bicyclic) bond motifs is 1. The predicted octanol–water partition coefficient (Wildman–Crippen LogP) is 3.61. The standard InChI is InChI=1S/C22H28N2O3S/c1-21(8-4-14-28-21)27-20(25)7-11-24-12-9-22(26,10-13-24)19-16-23-15-17-5-2-3-6-18(17)19/h2-6,14-16,20,25-26H,7-13H2,1H3/t20?,21-/m1/s1. The van der Waals surface area contributed by atoms with Crippen LogP contribution >= 0.6 is 11.8 Å². The van der Waals surface area contributed by atoms with E-state index in [2.05, 4.69) is 22.0 Å². The molecule has 1 aromatic carbocycles. The molecule has 0 aliphatic carbocycles. The first-order valence-electron chi connectivity index (χ1n) is 9.94. The van der Waals surface area contributed by atoms with E-state index in [4.69, 9.17) is 4.74 Å². The molecular formula is C22H28N2O3S. The Kier molecular flexibility index (Phi) is 5.76. The molecule has 0 saturated carbocycles. The molecule has 2 atom stereocenters. The van der Waals surface area contributed by atoms with E-state index >= 15 is 0 Å². The fourth-order valence-electron chi connectivity index (χ4n) is 4.12. The maximum absolute atomic E-state index is 11.3.